The molecule has 0 saturated carbocycles. The molecule has 29 heavy (non-hydrogen) atoms. The number of hydrogen-bond donors (Lipinski definition) is 2. The highest BCUT2D eigenvalue weighted by Crippen LogP contribution is 2.22. The maximum absolute atomic E-state index is 12.4. The van der Waals surface area contributed by atoms with Crippen LogP contribution in [-0.2, 0) is 16.0 Å². The molecule has 0 saturated heterocycles. The van der Waals surface area contributed by atoms with Crippen molar-refractivity contribution >= 4 is 40.2 Å². The Morgan fingerprint density at radius 2 is 1.86 bits per heavy atom. The van der Waals surface area contributed by atoms with Crippen molar-refractivity contribution in [2.75, 3.05) is 13.2 Å². The Hall–Kier alpha value is -3.12. The van der Waals surface area contributed by atoms with Crippen LogP contribution in [0.3, 0.4) is 0 Å². The third-order valence-electron chi connectivity index (χ3n) is 4.57. The number of aromatic amines is 1. The van der Waals surface area contributed by atoms with E-state index in [1.807, 2.05) is 25.1 Å². The predicted octanol–water partition coefficient (Wildman–Crippen LogP) is 3.93. The third-order valence-corrected chi connectivity index (χ3v) is 4.82. The zero-order valence-corrected chi connectivity index (χ0v) is 16.7. The van der Waals surface area contributed by atoms with Gasteiger partial charge in [-0.25, -0.2) is 0 Å². The molecule has 0 atom stereocenters. The van der Waals surface area contributed by atoms with Crippen LogP contribution in [-0.4, -0.2) is 35.8 Å². The first kappa shape index (κ1) is 20.6. The van der Waals surface area contributed by atoms with Crippen LogP contribution in [0.25, 0.3) is 10.9 Å². The van der Waals surface area contributed by atoms with Gasteiger partial charge in [0.1, 0.15) is 0 Å². The lowest BCUT2D eigenvalue weighted by Gasteiger charge is -2.06. The summed E-state index contributed by atoms with van der Waals surface area (Å²) < 4.78 is 5.07. The van der Waals surface area contributed by atoms with Gasteiger partial charge in [0.05, 0.1) is 6.42 Å². The molecule has 150 valence electrons. The molecule has 0 spiro atoms. The van der Waals surface area contributed by atoms with Gasteiger partial charge in [-0.2, -0.15) is 0 Å². The molecule has 1 heterocycles. The van der Waals surface area contributed by atoms with Gasteiger partial charge in [-0.1, -0.05) is 36.7 Å². The predicted molar refractivity (Wildman–Crippen MR) is 111 cm³/mol. The number of halogens is 1. The normalized spacial score (nSPS) is 10.7. The van der Waals surface area contributed by atoms with Gasteiger partial charge in [0.25, 0.3) is 5.91 Å². The van der Waals surface area contributed by atoms with Gasteiger partial charge in [-0.3, -0.25) is 14.4 Å². The number of carbonyl (C=O) groups is 3. The largest absolute Gasteiger partial charge is 0.457 e. The highest BCUT2D eigenvalue weighted by molar-refractivity contribution is 6.30. The van der Waals surface area contributed by atoms with E-state index in [2.05, 4.69) is 10.3 Å². The lowest BCUT2D eigenvalue weighted by atomic mass is 10.1. The van der Waals surface area contributed by atoms with E-state index in [-0.39, 0.29) is 31.3 Å². The summed E-state index contributed by atoms with van der Waals surface area (Å²) in [6.07, 6.45) is 2.47. The summed E-state index contributed by atoms with van der Waals surface area (Å²) in [4.78, 5) is 39.4. The van der Waals surface area contributed by atoms with E-state index < -0.39 is 5.97 Å². The topological polar surface area (TPSA) is 88.3 Å². The van der Waals surface area contributed by atoms with Crippen molar-refractivity contribution in [3.63, 3.8) is 0 Å². The van der Waals surface area contributed by atoms with Gasteiger partial charge in [-0.05, 0) is 36.2 Å². The molecule has 0 aliphatic heterocycles. The summed E-state index contributed by atoms with van der Waals surface area (Å²) in [6.45, 7) is 1.82. The number of aromatic nitrogens is 1. The molecule has 0 unspecified atom stereocenters. The molecule has 0 aliphatic rings. The van der Waals surface area contributed by atoms with Crippen LogP contribution in [0.4, 0.5) is 0 Å². The van der Waals surface area contributed by atoms with Gasteiger partial charge >= 0.3 is 5.97 Å². The fourth-order valence-corrected chi connectivity index (χ4v) is 3.15. The van der Waals surface area contributed by atoms with Crippen LogP contribution in [0.1, 0.15) is 39.6 Å². The Morgan fingerprint density at radius 3 is 2.59 bits per heavy atom. The average molecular weight is 413 g/mol. The summed E-state index contributed by atoms with van der Waals surface area (Å²) in [5.74, 6) is -1.14. The number of nitrogens with one attached hydrogen (secondary N) is 2. The number of benzene rings is 2. The lowest BCUT2D eigenvalue weighted by Crippen LogP contribution is -2.27. The maximum Gasteiger partial charge on any atom is 0.308 e. The first-order valence-corrected chi connectivity index (χ1v) is 9.69. The van der Waals surface area contributed by atoms with Gasteiger partial charge in [-0.15, -0.1) is 0 Å². The standard InChI is InChI=1S/C22H21ClN2O4/c1-2-14-4-3-5-17-18(12-25-21(14)17)19(26)13-29-20(27)10-11-24-22(28)15-6-8-16(23)9-7-15/h3-9,12,25H,2,10-11,13H2,1H3,(H,24,28). The van der Waals surface area contributed by atoms with Crippen molar-refractivity contribution in [3.8, 4) is 0 Å². The number of para-hydroxylation sites is 1. The van der Waals surface area contributed by atoms with Crippen LogP contribution in [0.2, 0.25) is 5.02 Å². The van der Waals surface area contributed by atoms with Crippen molar-refractivity contribution in [2.45, 2.75) is 19.8 Å². The number of hydrogen-bond acceptors (Lipinski definition) is 4. The van der Waals surface area contributed by atoms with Crippen molar-refractivity contribution < 1.29 is 19.1 Å². The van der Waals surface area contributed by atoms with Crippen LogP contribution in [0.15, 0.2) is 48.7 Å². The summed E-state index contributed by atoms with van der Waals surface area (Å²) in [5.41, 5.74) is 2.99. The molecule has 0 aliphatic carbocycles. The minimum Gasteiger partial charge on any atom is -0.457 e. The van der Waals surface area contributed by atoms with E-state index in [4.69, 9.17) is 16.3 Å². The minimum atomic E-state index is -0.552. The number of esters is 1. The Bertz CT molecular complexity index is 1040. The van der Waals surface area contributed by atoms with Gasteiger partial charge < -0.3 is 15.0 Å². The Kier molecular flexibility index (Phi) is 6.67. The quantitative estimate of drug-likeness (QED) is 0.433. The van der Waals surface area contributed by atoms with Gasteiger partial charge in [0, 0.05) is 39.8 Å². The molecule has 3 rings (SSSR count). The summed E-state index contributed by atoms with van der Waals surface area (Å²) >= 11 is 5.78. The van der Waals surface area contributed by atoms with Crippen LogP contribution >= 0.6 is 11.6 Å². The second-order valence-electron chi connectivity index (χ2n) is 6.49. The number of H-pyrrole nitrogens is 1. The molecule has 0 fully saturated rings. The first-order valence-electron chi connectivity index (χ1n) is 9.31. The molecule has 1 aromatic heterocycles. The van der Waals surface area contributed by atoms with E-state index in [1.165, 1.54) is 0 Å². The molecule has 7 heteroatoms. The number of rotatable bonds is 8. The van der Waals surface area contributed by atoms with Gasteiger partial charge in [0.2, 0.25) is 5.78 Å². The van der Waals surface area contributed by atoms with Crippen molar-refractivity contribution in [3.05, 3.63) is 70.4 Å². The Morgan fingerprint density at radius 1 is 1.10 bits per heavy atom. The van der Waals surface area contributed by atoms with Gasteiger partial charge in [0.15, 0.2) is 6.61 Å². The Labute approximate surface area is 173 Å². The number of aryl methyl sites for hydroxylation is 1. The summed E-state index contributed by atoms with van der Waals surface area (Å²) in [7, 11) is 0. The van der Waals surface area contributed by atoms with Crippen molar-refractivity contribution in [1.82, 2.24) is 10.3 Å². The Balaban J connectivity index is 1.47. The van der Waals surface area contributed by atoms with E-state index in [0.717, 1.165) is 22.9 Å². The molecule has 6 nitrogen and oxygen atoms in total. The molecular weight excluding hydrogens is 392 g/mol. The van der Waals surface area contributed by atoms with Crippen LogP contribution < -0.4 is 5.32 Å². The van der Waals surface area contributed by atoms with Crippen molar-refractivity contribution in [2.24, 2.45) is 0 Å². The molecule has 2 aromatic carbocycles. The zero-order valence-electron chi connectivity index (χ0n) is 16.0. The third kappa shape index (κ3) is 5.03. The lowest BCUT2D eigenvalue weighted by molar-refractivity contribution is -0.142. The van der Waals surface area contributed by atoms with Crippen molar-refractivity contribution in [1.29, 1.82) is 0 Å². The van der Waals surface area contributed by atoms with E-state index >= 15 is 0 Å². The second kappa shape index (κ2) is 9.39. The van der Waals surface area contributed by atoms with Crippen LogP contribution in [0.5, 0.6) is 0 Å². The highest BCUT2D eigenvalue weighted by atomic mass is 35.5. The minimum absolute atomic E-state index is 0.0273. The molecule has 0 radical (unpaired) electrons. The number of ether oxygens (including phenoxy) is 1. The highest BCUT2D eigenvalue weighted by Gasteiger charge is 2.15. The fourth-order valence-electron chi connectivity index (χ4n) is 3.02. The number of ketones is 1. The summed E-state index contributed by atoms with van der Waals surface area (Å²) in [5, 5.41) is 3.99. The second-order valence-corrected chi connectivity index (χ2v) is 6.93. The monoisotopic (exact) mass is 412 g/mol. The van der Waals surface area contributed by atoms with E-state index in [0.29, 0.717) is 16.1 Å². The maximum atomic E-state index is 12.4. The first-order chi connectivity index (χ1) is 14.0. The van der Waals surface area contributed by atoms with E-state index in [9.17, 15) is 14.4 Å². The fraction of sp³-hybridized carbons (Fsp3) is 0.227. The van der Waals surface area contributed by atoms with Crippen LogP contribution in [0, 0.1) is 0 Å². The average Bonchev–Trinajstić information content (AvgIpc) is 3.16. The number of amides is 1. The zero-order chi connectivity index (χ0) is 20.8. The molecule has 0 bridgehead atoms. The smallest absolute Gasteiger partial charge is 0.308 e. The summed E-state index contributed by atoms with van der Waals surface area (Å²) in [6, 6.07) is 12.2. The number of carbonyl (C=O) groups excluding carboxylic acids is 3. The number of fused-ring (bicyclic) bond motifs is 1. The number of Topliss-reactive ketones (excluding diaryl/α,β-unsaturated/α-hetero) is 1. The molecular formula is C22H21ClN2O4. The van der Waals surface area contributed by atoms with E-state index in [1.54, 1.807) is 30.5 Å². The molecule has 2 N–H and O–H groups in total. The molecule has 3 aromatic rings. The molecule has 1 amide bonds. The SMILES string of the molecule is CCc1cccc2c(C(=O)COC(=O)CCNC(=O)c3ccc(Cl)cc3)c[nH]c12.